The number of urea groups is 1. The van der Waals surface area contributed by atoms with E-state index < -0.39 is 0 Å². The normalized spacial score (nSPS) is 10.6. The van der Waals surface area contributed by atoms with Crippen LogP contribution in [-0.2, 0) is 17.8 Å². The number of thiazole rings is 1. The third-order valence-corrected chi connectivity index (χ3v) is 4.49. The maximum absolute atomic E-state index is 12.4. The fourth-order valence-corrected chi connectivity index (χ4v) is 2.92. The number of pyridine rings is 1. The molecule has 2 aromatic rings. The zero-order valence-corrected chi connectivity index (χ0v) is 14.5. The first-order chi connectivity index (χ1) is 11.1. The molecule has 2 rings (SSSR count). The molecule has 0 aliphatic carbocycles. The molecule has 6 nitrogen and oxygen atoms in total. The van der Waals surface area contributed by atoms with Gasteiger partial charge in [0.1, 0.15) is 5.01 Å². The minimum Gasteiger partial charge on any atom is -0.383 e. The summed E-state index contributed by atoms with van der Waals surface area (Å²) in [6, 6.07) is 3.69. The second kappa shape index (κ2) is 8.59. The van der Waals surface area contributed by atoms with Gasteiger partial charge in [-0.3, -0.25) is 4.98 Å². The summed E-state index contributed by atoms with van der Waals surface area (Å²) in [5.74, 6) is 0. The smallest absolute Gasteiger partial charge is 0.318 e. The lowest BCUT2D eigenvalue weighted by atomic mass is 10.2. The molecule has 0 bridgehead atoms. The Bertz CT molecular complexity index is 611. The van der Waals surface area contributed by atoms with Gasteiger partial charge in [-0.15, -0.1) is 11.3 Å². The summed E-state index contributed by atoms with van der Waals surface area (Å²) in [6.45, 7) is 5.96. The monoisotopic (exact) mass is 334 g/mol. The molecule has 0 spiro atoms. The number of hydrogen-bond donors (Lipinski definition) is 1. The second-order valence-electron chi connectivity index (χ2n) is 5.18. The summed E-state index contributed by atoms with van der Waals surface area (Å²) >= 11 is 1.61. The van der Waals surface area contributed by atoms with E-state index in [4.69, 9.17) is 4.74 Å². The molecule has 1 N–H and O–H groups in total. The van der Waals surface area contributed by atoms with Gasteiger partial charge in [0.2, 0.25) is 0 Å². The van der Waals surface area contributed by atoms with Crippen LogP contribution in [0.1, 0.15) is 21.1 Å². The third-order valence-electron chi connectivity index (χ3n) is 3.41. The zero-order valence-electron chi connectivity index (χ0n) is 13.7. The van der Waals surface area contributed by atoms with Crippen LogP contribution in [0.15, 0.2) is 24.5 Å². The molecule has 0 saturated heterocycles. The van der Waals surface area contributed by atoms with Gasteiger partial charge < -0.3 is 15.0 Å². The van der Waals surface area contributed by atoms with E-state index in [0.717, 1.165) is 16.3 Å². The lowest BCUT2D eigenvalue weighted by Crippen LogP contribution is -2.40. The molecule has 23 heavy (non-hydrogen) atoms. The van der Waals surface area contributed by atoms with Gasteiger partial charge in [0.15, 0.2) is 0 Å². The molecular weight excluding hydrogens is 312 g/mol. The van der Waals surface area contributed by atoms with Crippen LogP contribution < -0.4 is 5.32 Å². The van der Waals surface area contributed by atoms with E-state index in [2.05, 4.69) is 15.3 Å². The second-order valence-corrected chi connectivity index (χ2v) is 6.47. The summed E-state index contributed by atoms with van der Waals surface area (Å²) in [5.41, 5.74) is 2.01. The van der Waals surface area contributed by atoms with Crippen molar-refractivity contribution in [2.75, 3.05) is 20.3 Å². The predicted octanol–water partition coefficient (Wildman–Crippen LogP) is 2.51. The van der Waals surface area contributed by atoms with Gasteiger partial charge in [0, 0.05) is 37.5 Å². The molecule has 0 unspecified atom stereocenters. The van der Waals surface area contributed by atoms with Crippen LogP contribution in [0.5, 0.6) is 0 Å². The van der Waals surface area contributed by atoms with Crippen LogP contribution in [0, 0.1) is 13.8 Å². The predicted molar refractivity (Wildman–Crippen MR) is 90.3 cm³/mol. The van der Waals surface area contributed by atoms with Gasteiger partial charge in [0.05, 0.1) is 18.8 Å². The topological polar surface area (TPSA) is 67.3 Å². The lowest BCUT2D eigenvalue weighted by Gasteiger charge is -2.22. The summed E-state index contributed by atoms with van der Waals surface area (Å²) < 4.78 is 5.09. The highest BCUT2D eigenvalue weighted by Gasteiger charge is 2.14. The van der Waals surface area contributed by atoms with Gasteiger partial charge in [-0.1, -0.05) is 6.07 Å². The molecular formula is C16H22N4O2S. The van der Waals surface area contributed by atoms with Gasteiger partial charge >= 0.3 is 6.03 Å². The van der Waals surface area contributed by atoms with Crippen LogP contribution in [0.3, 0.4) is 0 Å². The van der Waals surface area contributed by atoms with E-state index >= 15 is 0 Å². The standard InChI is InChI=1S/C16H22N4O2S/c1-12-13(2)23-15(19-12)10-18-16(21)20(7-8-22-3)11-14-5-4-6-17-9-14/h4-6,9H,7-8,10-11H2,1-3H3,(H,18,21). The average molecular weight is 334 g/mol. The number of carbonyl (C=O) groups excluding carboxylic acids is 1. The largest absolute Gasteiger partial charge is 0.383 e. The van der Waals surface area contributed by atoms with Crippen molar-refractivity contribution in [1.82, 2.24) is 20.2 Å². The van der Waals surface area contributed by atoms with Crippen molar-refractivity contribution < 1.29 is 9.53 Å². The number of aryl methyl sites for hydroxylation is 2. The Kier molecular flexibility index (Phi) is 6.49. The minimum atomic E-state index is -0.128. The SMILES string of the molecule is COCCN(Cc1cccnc1)C(=O)NCc1nc(C)c(C)s1. The highest BCUT2D eigenvalue weighted by atomic mass is 32.1. The van der Waals surface area contributed by atoms with E-state index in [1.807, 2.05) is 26.0 Å². The van der Waals surface area contributed by atoms with Gasteiger partial charge in [-0.2, -0.15) is 0 Å². The van der Waals surface area contributed by atoms with E-state index in [0.29, 0.717) is 26.2 Å². The number of amides is 2. The molecule has 0 radical (unpaired) electrons. The molecule has 2 amide bonds. The molecule has 0 aromatic carbocycles. The molecule has 0 aliphatic rings. The third kappa shape index (κ3) is 5.30. The first-order valence-electron chi connectivity index (χ1n) is 7.43. The lowest BCUT2D eigenvalue weighted by molar-refractivity contribution is 0.146. The molecule has 7 heteroatoms. The van der Waals surface area contributed by atoms with Crippen molar-refractivity contribution in [3.8, 4) is 0 Å². The highest BCUT2D eigenvalue weighted by Crippen LogP contribution is 2.16. The Labute approximate surface area is 140 Å². The summed E-state index contributed by atoms with van der Waals surface area (Å²) in [6.07, 6.45) is 3.48. The number of ether oxygens (including phenoxy) is 1. The quantitative estimate of drug-likeness (QED) is 0.845. The van der Waals surface area contributed by atoms with Gasteiger partial charge in [-0.25, -0.2) is 9.78 Å². The Hall–Kier alpha value is -1.99. The number of nitrogens with zero attached hydrogens (tertiary/aromatic N) is 3. The molecule has 0 fully saturated rings. The Balaban J connectivity index is 1.95. The van der Waals surface area contributed by atoms with E-state index in [1.54, 1.807) is 35.7 Å². The van der Waals surface area contributed by atoms with Crippen LogP contribution in [-0.4, -0.2) is 41.2 Å². The fourth-order valence-electron chi connectivity index (χ4n) is 2.04. The van der Waals surface area contributed by atoms with E-state index in [9.17, 15) is 4.79 Å². The average Bonchev–Trinajstić information content (AvgIpc) is 2.88. The molecule has 0 atom stereocenters. The summed E-state index contributed by atoms with van der Waals surface area (Å²) in [4.78, 5) is 23.9. The first-order valence-corrected chi connectivity index (χ1v) is 8.25. The molecule has 0 aliphatic heterocycles. The maximum Gasteiger partial charge on any atom is 0.318 e. The van der Waals surface area contributed by atoms with Gasteiger partial charge in [-0.05, 0) is 25.5 Å². The van der Waals surface area contributed by atoms with Gasteiger partial charge in [0.25, 0.3) is 0 Å². The van der Waals surface area contributed by atoms with Crippen LogP contribution in [0.25, 0.3) is 0 Å². The highest BCUT2D eigenvalue weighted by molar-refractivity contribution is 7.11. The minimum absolute atomic E-state index is 0.128. The number of methoxy groups -OCH3 is 1. The van der Waals surface area contributed by atoms with E-state index in [1.165, 1.54) is 4.88 Å². The Morgan fingerprint density at radius 1 is 1.43 bits per heavy atom. The molecule has 2 aromatic heterocycles. The van der Waals surface area contributed by atoms with Crippen molar-refractivity contribution in [2.24, 2.45) is 0 Å². The molecule has 2 heterocycles. The summed E-state index contributed by atoms with van der Waals surface area (Å²) in [5, 5.41) is 3.85. The Morgan fingerprint density at radius 2 is 2.26 bits per heavy atom. The summed E-state index contributed by atoms with van der Waals surface area (Å²) in [7, 11) is 1.63. The number of aromatic nitrogens is 2. The van der Waals surface area contributed by atoms with Crippen LogP contribution in [0.4, 0.5) is 4.79 Å². The van der Waals surface area contributed by atoms with Crippen LogP contribution in [0.2, 0.25) is 0 Å². The van der Waals surface area contributed by atoms with Crippen LogP contribution >= 0.6 is 11.3 Å². The number of rotatable bonds is 7. The van der Waals surface area contributed by atoms with Crippen molar-refractivity contribution in [2.45, 2.75) is 26.9 Å². The molecule has 124 valence electrons. The van der Waals surface area contributed by atoms with E-state index in [-0.39, 0.29) is 6.03 Å². The maximum atomic E-state index is 12.4. The Morgan fingerprint density at radius 3 is 2.87 bits per heavy atom. The number of hydrogen-bond acceptors (Lipinski definition) is 5. The number of nitrogens with one attached hydrogen (secondary N) is 1. The van der Waals surface area contributed by atoms with Crippen molar-refractivity contribution >= 4 is 17.4 Å². The fraction of sp³-hybridized carbons (Fsp3) is 0.438. The zero-order chi connectivity index (χ0) is 16.7. The molecule has 0 saturated carbocycles. The number of carbonyl (C=O) groups is 1. The first kappa shape index (κ1) is 17.4. The van der Waals surface area contributed by atoms with Crippen molar-refractivity contribution in [3.63, 3.8) is 0 Å². The van der Waals surface area contributed by atoms with Crippen molar-refractivity contribution in [3.05, 3.63) is 45.7 Å². The van der Waals surface area contributed by atoms with Crippen molar-refractivity contribution in [1.29, 1.82) is 0 Å².